The van der Waals surface area contributed by atoms with Crippen LogP contribution in [0, 0.1) is 5.82 Å². The molecular weight excluding hydrogens is 239 g/mol. The standard InChI is InChI=1S/C11H9FN4O2/c1-16-14-10(13-15-16)9(11(17)18)6-7-2-4-8(12)5-3-7/h2-6H,1H3,(H,17,18). The molecule has 6 nitrogen and oxygen atoms in total. The number of aromatic nitrogens is 4. The summed E-state index contributed by atoms with van der Waals surface area (Å²) in [5, 5.41) is 20.1. The molecule has 0 atom stereocenters. The minimum Gasteiger partial charge on any atom is -0.478 e. The van der Waals surface area contributed by atoms with E-state index in [4.69, 9.17) is 5.11 Å². The summed E-state index contributed by atoms with van der Waals surface area (Å²) in [5.41, 5.74) is 0.441. The van der Waals surface area contributed by atoms with Crippen LogP contribution in [0.1, 0.15) is 11.4 Å². The highest BCUT2D eigenvalue weighted by atomic mass is 19.1. The van der Waals surface area contributed by atoms with Crippen molar-refractivity contribution in [2.75, 3.05) is 0 Å². The first-order valence-electron chi connectivity index (χ1n) is 5.01. The molecule has 0 radical (unpaired) electrons. The number of carboxylic acid groups (broad SMARTS) is 1. The van der Waals surface area contributed by atoms with E-state index in [2.05, 4.69) is 15.4 Å². The van der Waals surface area contributed by atoms with Crippen LogP contribution in [0.5, 0.6) is 0 Å². The first-order valence-corrected chi connectivity index (χ1v) is 5.01. The molecule has 1 aromatic carbocycles. The number of halogens is 1. The number of hydrogen-bond donors (Lipinski definition) is 1. The Labute approximate surface area is 101 Å². The maximum atomic E-state index is 12.7. The van der Waals surface area contributed by atoms with Crippen molar-refractivity contribution < 1.29 is 14.3 Å². The molecule has 0 bridgehead atoms. The van der Waals surface area contributed by atoms with Crippen molar-refractivity contribution in [3.05, 3.63) is 41.5 Å². The van der Waals surface area contributed by atoms with Crippen LogP contribution in [-0.4, -0.2) is 31.3 Å². The van der Waals surface area contributed by atoms with E-state index in [0.717, 1.165) is 4.80 Å². The Kier molecular flexibility index (Phi) is 3.13. The third-order valence-electron chi connectivity index (χ3n) is 2.16. The number of hydrogen-bond acceptors (Lipinski definition) is 4. The van der Waals surface area contributed by atoms with Crippen LogP contribution in [0.4, 0.5) is 4.39 Å². The fourth-order valence-corrected chi connectivity index (χ4v) is 1.34. The third kappa shape index (κ3) is 2.57. The highest BCUT2D eigenvalue weighted by Crippen LogP contribution is 2.14. The summed E-state index contributed by atoms with van der Waals surface area (Å²) in [6.45, 7) is 0. The van der Waals surface area contributed by atoms with E-state index in [0.29, 0.717) is 5.56 Å². The van der Waals surface area contributed by atoms with Gasteiger partial charge in [-0.05, 0) is 29.0 Å². The first-order chi connectivity index (χ1) is 8.56. The Hall–Kier alpha value is -2.57. The van der Waals surface area contributed by atoms with Crippen LogP contribution >= 0.6 is 0 Å². The Balaban J connectivity index is 2.42. The zero-order valence-electron chi connectivity index (χ0n) is 9.41. The van der Waals surface area contributed by atoms with Crippen molar-refractivity contribution in [3.8, 4) is 0 Å². The van der Waals surface area contributed by atoms with Gasteiger partial charge in [0.25, 0.3) is 0 Å². The lowest BCUT2D eigenvalue weighted by Gasteiger charge is -1.97. The summed E-state index contributed by atoms with van der Waals surface area (Å²) in [6, 6.07) is 5.42. The number of carbonyl (C=O) groups is 1. The van der Waals surface area contributed by atoms with Crippen molar-refractivity contribution in [2.24, 2.45) is 7.05 Å². The molecule has 1 N–H and O–H groups in total. The quantitative estimate of drug-likeness (QED) is 0.819. The van der Waals surface area contributed by atoms with E-state index in [1.165, 1.54) is 37.4 Å². The number of carboxylic acids is 1. The van der Waals surface area contributed by atoms with Crippen LogP contribution < -0.4 is 0 Å². The first kappa shape index (κ1) is 11.9. The molecule has 0 fully saturated rings. The number of aliphatic carboxylic acids is 1. The number of aryl methyl sites for hydroxylation is 1. The average Bonchev–Trinajstić information content (AvgIpc) is 2.74. The molecule has 0 aliphatic heterocycles. The second-order valence-corrected chi connectivity index (χ2v) is 3.52. The van der Waals surface area contributed by atoms with Crippen LogP contribution in [0.3, 0.4) is 0 Å². The number of nitrogens with zero attached hydrogens (tertiary/aromatic N) is 4. The van der Waals surface area contributed by atoms with Crippen molar-refractivity contribution in [1.82, 2.24) is 20.2 Å². The molecule has 92 valence electrons. The lowest BCUT2D eigenvalue weighted by molar-refractivity contribution is -0.130. The fraction of sp³-hybridized carbons (Fsp3) is 0.0909. The van der Waals surface area contributed by atoms with Gasteiger partial charge in [0, 0.05) is 0 Å². The Bertz CT molecular complexity index is 604. The molecular formula is C11H9FN4O2. The molecule has 0 aliphatic carbocycles. The van der Waals surface area contributed by atoms with Gasteiger partial charge in [0.1, 0.15) is 11.4 Å². The molecule has 0 saturated heterocycles. The maximum absolute atomic E-state index is 12.7. The van der Waals surface area contributed by atoms with Crippen molar-refractivity contribution >= 4 is 17.6 Å². The molecule has 1 heterocycles. The van der Waals surface area contributed by atoms with Gasteiger partial charge in [-0.2, -0.15) is 4.80 Å². The highest BCUT2D eigenvalue weighted by Gasteiger charge is 2.15. The van der Waals surface area contributed by atoms with E-state index in [1.807, 2.05) is 0 Å². The monoisotopic (exact) mass is 248 g/mol. The topological polar surface area (TPSA) is 80.9 Å². The highest BCUT2D eigenvalue weighted by molar-refractivity contribution is 6.19. The van der Waals surface area contributed by atoms with Crippen molar-refractivity contribution in [3.63, 3.8) is 0 Å². The zero-order valence-corrected chi connectivity index (χ0v) is 9.41. The second kappa shape index (κ2) is 4.74. The van der Waals surface area contributed by atoms with Gasteiger partial charge in [0.15, 0.2) is 0 Å². The van der Waals surface area contributed by atoms with E-state index in [9.17, 15) is 9.18 Å². The average molecular weight is 248 g/mol. The Morgan fingerprint density at radius 2 is 2.06 bits per heavy atom. The minimum atomic E-state index is -1.17. The Morgan fingerprint density at radius 3 is 2.56 bits per heavy atom. The summed E-state index contributed by atoms with van der Waals surface area (Å²) in [7, 11) is 1.54. The Morgan fingerprint density at radius 1 is 1.39 bits per heavy atom. The lowest BCUT2D eigenvalue weighted by Crippen LogP contribution is -2.02. The smallest absolute Gasteiger partial charge is 0.339 e. The van der Waals surface area contributed by atoms with Crippen LogP contribution in [0.15, 0.2) is 24.3 Å². The van der Waals surface area contributed by atoms with Gasteiger partial charge in [0.2, 0.25) is 5.82 Å². The molecule has 2 aromatic rings. The summed E-state index contributed by atoms with van der Waals surface area (Å²) >= 11 is 0. The van der Waals surface area contributed by atoms with Gasteiger partial charge >= 0.3 is 5.97 Å². The number of tetrazole rings is 1. The van der Waals surface area contributed by atoms with Gasteiger partial charge < -0.3 is 5.11 Å². The van der Waals surface area contributed by atoms with Gasteiger partial charge in [0.05, 0.1) is 7.05 Å². The lowest BCUT2D eigenvalue weighted by atomic mass is 10.1. The van der Waals surface area contributed by atoms with Crippen molar-refractivity contribution in [1.29, 1.82) is 0 Å². The normalized spacial score (nSPS) is 11.6. The molecule has 0 aliphatic rings. The number of rotatable bonds is 3. The van der Waals surface area contributed by atoms with Gasteiger partial charge in [-0.25, -0.2) is 9.18 Å². The van der Waals surface area contributed by atoms with E-state index in [-0.39, 0.29) is 17.2 Å². The summed E-state index contributed by atoms with van der Waals surface area (Å²) in [4.78, 5) is 12.3. The number of benzene rings is 1. The molecule has 1 aromatic heterocycles. The second-order valence-electron chi connectivity index (χ2n) is 3.52. The van der Waals surface area contributed by atoms with Crippen molar-refractivity contribution in [2.45, 2.75) is 0 Å². The fourth-order valence-electron chi connectivity index (χ4n) is 1.34. The van der Waals surface area contributed by atoms with Gasteiger partial charge in [-0.1, -0.05) is 12.1 Å². The van der Waals surface area contributed by atoms with Gasteiger partial charge in [-0.3, -0.25) is 0 Å². The van der Waals surface area contributed by atoms with E-state index >= 15 is 0 Å². The predicted molar refractivity (Wildman–Crippen MR) is 60.7 cm³/mol. The molecule has 2 rings (SSSR count). The molecule has 0 amide bonds. The summed E-state index contributed by atoms with van der Waals surface area (Å²) in [6.07, 6.45) is 1.36. The van der Waals surface area contributed by atoms with Gasteiger partial charge in [-0.15, -0.1) is 10.2 Å². The minimum absolute atomic E-state index is 0.00863. The maximum Gasteiger partial charge on any atom is 0.339 e. The molecule has 18 heavy (non-hydrogen) atoms. The molecule has 0 spiro atoms. The largest absolute Gasteiger partial charge is 0.478 e. The van der Waals surface area contributed by atoms with Crippen LogP contribution in [0.25, 0.3) is 11.6 Å². The molecule has 7 heteroatoms. The van der Waals surface area contributed by atoms with E-state index < -0.39 is 5.97 Å². The molecule has 0 unspecified atom stereocenters. The van der Waals surface area contributed by atoms with Crippen LogP contribution in [0.2, 0.25) is 0 Å². The zero-order chi connectivity index (χ0) is 13.1. The van der Waals surface area contributed by atoms with E-state index in [1.54, 1.807) is 0 Å². The summed E-state index contributed by atoms with van der Waals surface area (Å²) < 4.78 is 12.7. The summed E-state index contributed by atoms with van der Waals surface area (Å²) in [5.74, 6) is -1.55. The third-order valence-corrected chi connectivity index (χ3v) is 2.16. The molecule has 0 saturated carbocycles. The van der Waals surface area contributed by atoms with Crippen LogP contribution in [-0.2, 0) is 11.8 Å². The SMILES string of the molecule is Cn1nnc(C(=Cc2ccc(F)cc2)C(=O)O)n1. The predicted octanol–water partition coefficient (Wildman–Crippen LogP) is 0.974.